The highest BCUT2D eigenvalue weighted by molar-refractivity contribution is 6.01. The molecule has 0 aliphatic carbocycles. The van der Waals surface area contributed by atoms with Crippen molar-refractivity contribution in [2.24, 2.45) is 0 Å². The normalized spacial score (nSPS) is 16.8. The van der Waals surface area contributed by atoms with E-state index in [0.717, 1.165) is 0 Å². The van der Waals surface area contributed by atoms with E-state index in [0.29, 0.717) is 11.4 Å². The van der Waals surface area contributed by atoms with Gasteiger partial charge < -0.3 is 14.4 Å². The second-order valence-corrected chi connectivity index (χ2v) is 6.47. The average molecular weight is 385 g/mol. The number of rotatable bonds is 6. The zero-order valence-electron chi connectivity index (χ0n) is 15.6. The van der Waals surface area contributed by atoms with Gasteiger partial charge in [-0.1, -0.05) is 12.1 Å². The zero-order chi connectivity index (χ0) is 20.3. The summed E-state index contributed by atoms with van der Waals surface area (Å²) in [5.74, 6) is -1.15. The average Bonchev–Trinajstić information content (AvgIpc) is 2.68. The summed E-state index contributed by atoms with van der Waals surface area (Å²) in [6.45, 7) is 3.22. The predicted octanol–water partition coefficient (Wildman–Crippen LogP) is 3.14. The molecule has 0 unspecified atom stereocenters. The first-order valence-electron chi connectivity index (χ1n) is 8.93. The molecular formula is C21H20FNO5. The van der Waals surface area contributed by atoms with E-state index in [4.69, 9.17) is 9.47 Å². The van der Waals surface area contributed by atoms with Gasteiger partial charge in [-0.2, -0.15) is 0 Å². The SMILES string of the molecule is C[C@@H](OC(=O)CCN1C(=O)[C@@H](C)Oc2ccccc21)C(=O)c1ccc(F)cc1. The fourth-order valence-corrected chi connectivity index (χ4v) is 2.95. The van der Waals surface area contributed by atoms with E-state index in [9.17, 15) is 18.8 Å². The molecule has 146 valence electrons. The molecule has 7 heteroatoms. The summed E-state index contributed by atoms with van der Waals surface area (Å²) in [6, 6.07) is 12.1. The van der Waals surface area contributed by atoms with Gasteiger partial charge in [0.25, 0.3) is 5.91 Å². The van der Waals surface area contributed by atoms with Crippen LogP contribution in [0.4, 0.5) is 10.1 Å². The number of esters is 1. The van der Waals surface area contributed by atoms with Crippen molar-refractivity contribution in [3.05, 3.63) is 59.9 Å². The lowest BCUT2D eigenvalue weighted by molar-refractivity contribution is -0.146. The van der Waals surface area contributed by atoms with Gasteiger partial charge in [0.2, 0.25) is 5.78 Å². The quantitative estimate of drug-likeness (QED) is 0.564. The van der Waals surface area contributed by atoms with Crippen molar-refractivity contribution < 1.29 is 28.2 Å². The number of fused-ring (bicyclic) bond motifs is 1. The molecule has 6 nitrogen and oxygen atoms in total. The van der Waals surface area contributed by atoms with Crippen molar-refractivity contribution in [3.8, 4) is 5.75 Å². The molecule has 0 bridgehead atoms. The van der Waals surface area contributed by atoms with Gasteiger partial charge in [0.1, 0.15) is 11.6 Å². The minimum Gasteiger partial charge on any atom is -0.479 e. The molecule has 0 saturated carbocycles. The Bertz CT molecular complexity index is 896. The van der Waals surface area contributed by atoms with Crippen molar-refractivity contribution >= 4 is 23.3 Å². The van der Waals surface area contributed by atoms with Crippen molar-refractivity contribution in [2.75, 3.05) is 11.4 Å². The minimum absolute atomic E-state index is 0.0756. The van der Waals surface area contributed by atoms with Gasteiger partial charge in [-0.25, -0.2) is 4.39 Å². The molecule has 1 amide bonds. The third-order valence-electron chi connectivity index (χ3n) is 4.42. The van der Waals surface area contributed by atoms with Crippen LogP contribution in [0.2, 0.25) is 0 Å². The highest BCUT2D eigenvalue weighted by Crippen LogP contribution is 2.33. The number of nitrogens with zero attached hydrogens (tertiary/aromatic N) is 1. The van der Waals surface area contributed by atoms with Crippen molar-refractivity contribution in [1.29, 1.82) is 0 Å². The summed E-state index contributed by atoms with van der Waals surface area (Å²) >= 11 is 0. The maximum absolute atomic E-state index is 13.0. The molecule has 0 N–H and O–H groups in total. The number of ether oxygens (including phenoxy) is 2. The van der Waals surface area contributed by atoms with E-state index in [1.54, 1.807) is 31.2 Å². The summed E-state index contributed by atoms with van der Waals surface area (Å²) in [4.78, 5) is 38.3. The number of hydrogen-bond acceptors (Lipinski definition) is 5. The molecule has 0 aromatic heterocycles. The van der Waals surface area contributed by atoms with Gasteiger partial charge in [-0.3, -0.25) is 14.4 Å². The highest BCUT2D eigenvalue weighted by Gasteiger charge is 2.31. The van der Waals surface area contributed by atoms with E-state index >= 15 is 0 Å². The summed E-state index contributed by atoms with van der Waals surface area (Å²) in [6.07, 6.45) is -1.73. The summed E-state index contributed by atoms with van der Waals surface area (Å²) in [7, 11) is 0. The second-order valence-electron chi connectivity index (χ2n) is 6.47. The molecule has 0 saturated heterocycles. The molecule has 1 aliphatic heterocycles. The molecule has 2 atom stereocenters. The number of hydrogen-bond donors (Lipinski definition) is 0. The van der Waals surface area contributed by atoms with E-state index < -0.39 is 29.8 Å². The standard InChI is InChI=1S/C21H20FNO5/c1-13(20(25)15-7-9-16(22)10-8-15)28-19(24)11-12-23-17-5-3-4-6-18(17)27-14(2)21(23)26/h3-10,13-14H,11-12H2,1-2H3/t13-,14-/m1/s1. The van der Waals surface area contributed by atoms with Crippen molar-refractivity contribution in [3.63, 3.8) is 0 Å². The van der Waals surface area contributed by atoms with Gasteiger partial charge >= 0.3 is 5.97 Å². The number of halogens is 1. The number of amides is 1. The van der Waals surface area contributed by atoms with Gasteiger partial charge in [0.15, 0.2) is 12.2 Å². The number of Topliss-reactive ketones (excluding diaryl/α,β-unsaturated/α-hetero) is 1. The molecule has 2 aromatic carbocycles. The lowest BCUT2D eigenvalue weighted by Crippen LogP contribution is -2.45. The number of benzene rings is 2. The summed E-state index contributed by atoms with van der Waals surface area (Å²) < 4.78 is 23.7. The first-order valence-corrected chi connectivity index (χ1v) is 8.93. The lowest BCUT2D eigenvalue weighted by atomic mass is 10.1. The summed E-state index contributed by atoms with van der Waals surface area (Å²) in [5, 5.41) is 0. The minimum atomic E-state index is -1.01. The molecule has 1 aliphatic rings. The smallest absolute Gasteiger partial charge is 0.308 e. The maximum atomic E-state index is 13.0. The van der Waals surface area contributed by atoms with E-state index in [1.807, 2.05) is 0 Å². The Morgan fingerprint density at radius 3 is 2.57 bits per heavy atom. The Morgan fingerprint density at radius 2 is 1.86 bits per heavy atom. The number of carbonyl (C=O) groups is 3. The van der Waals surface area contributed by atoms with E-state index in [-0.39, 0.29) is 24.4 Å². The molecule has 3 rings (SSSR count). The Morgan fingerprint density at radius 1 is 1.18 bits per heavy atom. The molecule has 0 radical (unpaired) electrons. The fraction of sp³-hybridized carbons (Fsp3) is 0.286. The number of para-hydroxylation sites is 2. The van der Waals surface area contributed by atoms with Gasteiger partial charge in [0.05, 0.1) is 12.1 Å². The van der Waals surface area contributed by atoms with Gasteiger partial charge in [-0.05, 0) is 50.2 Å². The number of anilines is 1. The van der Waals surface area contributed by atoms with E-state index in [2.05, 4.69) is 0 Å². The summed E-state index contributed by atoms with van der Waals surface area (Å²) in [5.41, 5.74) is 0.849. The van der Waals surface area contributed by atoms with Crippen LogP contribution in [-0.2, 0) is 14.3 Å². The van der Waals surface area contributed by atoms with Crippen LogP contribution in [0.15, 0.2) is 48.5 Å². The second kappa shape index (κ2) is 8.21. The largest absolute Gasteiger partial charge is 0.479 e. The van der Waals surface area contributed by atoms with Crippen LogP contribution >= 0.6 is 0 Å². The number of ketones is 1. The van der Waals surface area contributed by atoms with Crippen LogP contribution in [0.1, 0.15) is 30.6 Å². The number of carbonyl (C=O) groups excluding carboxylic acids is 3. The first-order chi connectivity index (χ1) is 13.4. The lowest BCUT2D eigenvalue weighted by Gasteiger charge is -2.32. The third-order valence-corrected chi connectivity index (χ3v) is 4.42. The van der Waals surface area contributed by atoms with Crippen LogP contribution in [0.5, 0.6) is 5.75 Å². The van der Waals surface area contributed by atoms with Crippen LogP contribution in [0.3, 0.4) is 0 Å². The maximum Gasteiger partial charge on any atom is 0.308 e. The third kappa shape index (κ3) is 4.19. The van der Waals surface area contributed by atoms with Crippen LogP contribution < -0.4 is 9.64 Å². The van der Waals surface area contributed by atoms with Crippen LogP contribution in [0, 0.1) is 5.82 Å². The van der Waals surface area contributed by atoms with Crippen LogP contribution in [-0.4, -0.2) is 36.4 Å². The Balaban J connectivity index is 1.60. The molecular weight excluding hydrogens is 365 g/mol. The monoisotopic (exact) mass is 385 g/mol. The molecule has 2 aromatic rings. The molecule has 28 heavy (non-hydrogen) atoms. The van der Waals surface area contributed by atoms with Gasteiger partial charge in [0, 0.05) is 12.1 Å². The zero-order valence-corrected chi connectivity index (χ0v) is 15.6. The molecule has 0 spiro atoms. The Kier molecular flexibility index (Phi) is 5.73. The Labute approximate surface area is 161 Å². The van der Waals surface area contributed by atoms with Crippen LogP contribution in [0.25, 0.3) is 0 Å². The van der Waals surface area contributed by atoms with Crippen molar-refractivity contribution in [1.82, 2.24) is 0 Å². The predicted molar refractivity (Wildman–Crippen MR) is 99.8 cm³/mol. The van der Waals surface area contributed by atoms with E-state index in [1.165, 1.54) is 36.1 Å². The highest BCUT2D eigenvalue weighted by atomic mass is 19.1. The van der Waals surface area contributed by atoms with Gasteiger partial charge in [-0.15, -0.1) is 0 Å². The molecule has 1 heterocycles. The Hall–Kier alpha value is -3.22. The molecule has 0 fully saturated rings. The van der Waals surface area contributed by atoms with Crippen molar-refractivity contribution in [2.45, 2.75) is 32.5 Å². The topological polar surface area (TPSA) is 72.9 Å². The fourth-order valence-electron chi connectivity index (χ4n) is 2.95. The first kappa shape index (κ1) is 19.5.